The number of carbonyl (C=O) groups is 3. The molecule has 0 saturated heterocycles. The van der Waals surface area contributed by atoms with Crippen molar-refractivity contribution in [2.75, 3.05) is 4.90 Å². The molecule has 0 aliphatic carbocycles. The number of aromatic carboxylic acids is 1. The second-order valence-corrected chi connectivity index (χ2v) is 8.66. The van der Waals surface area contributed by atoms with E-state index >= 15 is 0 Å². The van der Waals surface area contributed by atoms with Gasteiger partial charge in [0, 0.05) is 17.7 Å². The van der Waals surface area contributed by atoms with Crippen LogP contribution in [0.5, 0.6) is 0 Å². The monoisotopic (exact) mass is 465 g/mol. The highest BCUT2D eigenvalue weighted by Gasteiger charge is 2.34. The minimum Gasteiger partial charge on any atom is -0.478 e. The highest BCUT2D eigenvalue weighted by Crippen LogP contribution is 2.30. The molecule has 0 saturated carbocycles. The Hall–Kier alpha value is -4.52. The van der Waals surface area contributed by atoms with Gasteiger partial charge in [-0.2, -0.15) is 0 Å². The van der Waals surface area contributed by atoms with E-state index in [0.717, 1.165) is 28.0 Å². The van der Waals surface area contributed by atoms with Gasteiger partial charge in [0.25, 0.3) is 11.8 Å². The highest BCUT2D eigenvalue weighted by atomic mass is 16.4. The van der Waals surface area contributed by atoms with Crippen LogP contribution in [0.25, 0.3) is 22.2 Å². The van der Waals surface area contributed by atoms with Gasteiger partial charge in [-0.3, -0.25) is 9.59 Å². The zero-order valence-electron chi connectivity index (χ0n) is 19.6. The van der Waals surface area contributed by atoms with Crippen LogP contribution in [-0.4, -0.2) is 32.4 Å². The molecule has 3 aromatic carbocycles. The number of imide groups is 1. The summed E-state index contributed by atoms with van der Waals surface area (Å²) in [6.07, 6.45) is 0. The number of aryl methyl sites for hydroxylation is 1. The number of aromatic nitrogens is 2. The minimum absolute atomic E-state index is 0.259. The molecule has 2 heterocycles. The van der Waals surface area contributed by atoms with Gasteiger partial charge < -0.3 is 9.67 Å². The normalized spacial score (nSPS) is 13.9. The van der Waals surface area contributed by atoms with Gasteiger partial charge in [-0.25, -0.2) is 14.7 Å². The molecule has 0 radical (unpaired) electrons. The third kappa shape index (κ3) is 3.71. The van der Waals surface area contributed by atoms with E-state index in [0.29, 0.717) is 28.9 Å². The molecule has 1 aliphatic rings. The van der Waals surface area contributed by atoms with Crippen LogP contribution >= 0.6 is 0 Å². The Morgan fingerprint density at radius 2 is 1.54 bits per heavy atom. The first-order valence-electron chi connectivity index (χ1n) is 11.2. The zero-order valence-corrected chi connectivity index (χ0v) is 19.6. The summed E-state index contributed by atoms with van der Waals surface area (Å²) in [5.74, 6) is -0.753. The van der Waals surface area contributed by atoms with Crippen LogP contribution in [0, 0.1) is 6.92 Å². The predicted octanol–water partition coefficient (Wildman–Crippen LogP) is 4.97. The van der Waals surface area contributed by atoms with E-state index in [9.17, 15) is 19.5 Å². The zero-order chi connectivity index (χ0) is 24.9. The molecule has 1 aromatic heterocycles. The quantitative estimate of drug-likeness (QED) is 0.420. The lowest BCUT2D eigenvalue weighted by Crippen LogP contribution is -2.31. The Labute approximate surface area is 201 Å². The third-order valence-corrected chi connectivity index (χ3v) is 6.55. The maximum absolute atomic E-state index is 12.6. The van der Waals surface area contributed by atoms with Crippen LogP contribution < -0.4 is 4.90 Å². The van der Waals surface area contributed by atoms with Crippen molar-refractivity contribution in [1.29, 1.82) is 0 Å². The largest absolute Gasteiger partial charge is 0.478 e. The van der Waals surface area contributed by atoms with E-state index in [1.165, 1.54) is 4.90 Å². The van der Waals surface area contributed by atoms with Crippen LogP contribution in [0.3, 0.4) is 0 Å². The number of nitrogens with zero attached hydrogens (tertiary/aromatic N) is 3. The lowest BCUT2D eigenvalue weighted by atomic mass is 9.99. The standard InChI is InChI=1S/C28H23N3O4/c1-16-17(2)27(33)31(26(16)32)21-12-13-24-25(14-21)30(18(3)29-24)15-19-8-10-20(11-9-19)22-6-4-5-7-23(22)28(34)35/h4-14H,15H2,1-3H3,(H,34,35). The van der Waals surface area contributed by atoms with E-state index in [1.807, 2.05) is 54.0 Å². The van der Waals surface area contributed by atoms with Crippen molar-refractivity contribution in [2.24, 2.45) is 0 Å². The summed E-state index contributed by atoms with van der Waals surface area (Å²) in [5, 5.41) is 9.49. The number of benzene rings is 3. The number of carboxylic acid groups (broad SMARTS) is 1. The van der Waals surface area contributed by atoms with Crippen LogP contribution in [0.1, 0.15) is 35.6 Å². The topological polar surface area (TPSA) is 92.5 Å². The summed E-state index contributed by atoms with van der Waals surface area (Å²) < 4.78 is 2.04. The number of imidazole rings is 1. The second-order valence-electron chi connectivity index (χ2n) is 8.66. The van der Waals surface area contributed by atoms with Gasteiger partial charge in [0.15, 0.2) is 0 Å². The number of anilines is 1. The Balaban J connectivity index is 1.48. The Bertz CT molecular complexity index is 1540. The van der Waals surface area contributed by atoms with Crippen molar-refractivity contribution in [3.05, 3.63) is 94.8 Å². The maximum atomic E-state index is 12.6. The Morgan fingerprint density at radius 3 is 2.20 bits per heavy atom. The summed E-state index contributed by atoms with van der Waals surface area (Å²) in [5.41, 5.74) is 5.80. The molecule has 0 spiro atoms. The van der Waals surface area contributed by atoms with E-state index in [-0.39, 0.29) is 17.4 Å². The summed E-state index contributed by atoms with van der Waals surface area (Å²) in [7, 11) is 0. The fourth-order valence-corrected chi connectivity index (χ4v) is 4.45. The number of hydrogen-bond acceptors (Lipinski definition) is 4. The fourth-order valence-electron chi connectivity index (χ4n) is 4.45. The third-order valence-electron chi connectivity index (χ3n) is 6.55. The van der Waals surface area contributed by atoms with Crippen molar-refractivity contribution in [2.45, 2.75) is 27.3 Å². The number of fused-ring (bicyclic) bond motifs is 1. The smallest absolute Gasteiger partial charge is 0.336 e. The summed E-state index contributed by atoms with van der Waals surface area (Å²) >= 11 is 0. The minimum atomic E-state index is -0.962. The molecule has 0 unspecified atom stereocenters. The molecule has 35 heavy (non-hydrogen) atoms. The molecule has 0 atom stereocenters. The van der Waals surface area contributed by atoms with Gasteiger partial charge in [0.1, 0.15) is 5.82 Å². The second kappa shape index (κ2) is 8.36. The number of hydrogen-bond donors (Lipinski definition) is 1. The van der Waals surface area contributed by atoms with Gasteiger partial charge in [0.05, 0.1) is 22.3 Å². The lowest BCUT2D eigenvalue weighted by molar-refractivity contribution is -0.120. The van der Waals surface area contributed by atoms with Gasteiger partial charge in [0.2, 0.25) is 0 Å². The Kier molecular flexibility index (Phi) is 5.32. The molecule has 4 aromatic rings. The first-order chi connectivity index (χ1) is 16.8. The average Bonchev–Trinajstić information content (AvgIpc) is 3.26. The first kappa shape index (κ1) is 22.3. The van der Waals surface area contributed by atoms with Crippen LogP contribution in [0.2, 0.25) is 0 Å². The SMILES string of the molecule is CC1=C(C)C(=O)N(c2ccc3nc(C)n(Cc4ccc(-c5ccccc5C(=O)O)cc4)c3c2)C1=O. The molecular formula is C28H23N3O4. The number of carbonyl (C=O) groups excluding carboxylic acids is 2. The molecule has 7 heteroatoms. The maximum Gasteiger partial charge on any atom is 0.336 e. The molecule has 174 valence electrons. The number of carboxylic acids is 1. The van der Waals surface area contributed by atoms with Crippen LogP contribution in [-0.2, 0) is 16.1 Å². The molecule has 5 rings (SSSR count). The van der Waals surface area contributed by atoms with Crippen molar-refractivity contribution in [3.8, 4) is 11.1 Å². The lowest BCUT2D eigenvalue weighted by Gasteiger charge is -2.16. The van der Waals surface area contributed by atoms with Gasteiger partial charge in [-0.05, 0) is 61.7 Å². The van der Waals surface area contributed by atoms with E-state index in [4.69, 9.17) is 0 Å². The number of amides is 2. The first-order valence-corrected chi connectivity index (χ1v) is 11.2. The molecule has 0 fully saturated rings. The van der Waals surface area contributed by atoms with E-state index < -0.39 is 5.97 Å². The summed E-state index contributed by atoms with van der Waals surface area (Å²) in [4.78, 5) is 42.7. The van der Waals surface area contributed by atoms with Crippen molar-refractivity contribution in [3.63, 3.8) is 0 Å². The molecule has 2 amide bonds. The van der Waals surface area contributed by atoms with Gasteiger partial charge >= 0.3 is 5.97 Å². The number of rotatable bonds is 5. The highest BCUT2D eigenvalue weighted by molar-refractivity contribution is 6.32. The van der Waals surface area contributed by atoms with Crippen LogP contribution in [0.15, 0.2) is 77.9 Å². The summed E-state index contributed by atoms with van der Waals surface area (Å²) in [6, 6.07) is 20.1. The summed E-state index contributed by atoms with van der Waals surface area (Å²) in [6.45, 7) is 5.78. The molecule has 0 bridgehead atoms. The molecular weight excluding hydrogens is 442 g/mol. The van der Waals surface area contributed by atoms with Gasteiger partial charge in [-0.15, -0.1) is 0 Å². The fraction of sp³-hybridized carbons (Fsp3) is 0.143. The van der Waals surface area contributed by atoms with Crippen molar-refractivity contribution < 1.29 is 19.5 Å². The van der Waals surface area contributed by atoms with Crippen LogP contribution in [0.4, 0.5) is 5.69 Å². The van der Waals surface area contributed by atoms with Crippen molar-refractivity contribution >= 4 is 34.5 Å². The molecule has 1 aliphatic heterocycles. The average molecular weight is 466 g/mol. The predicted molar refractivity (Wildman–Crippen MR) is 133 cm³/mol. The molecule has 7 nitrogen and oxygen atoms in total. The molecule has 1 N–H and O–H groups in total. The van der Waals surface area contributed by atoms with E-state index in [1.54, 1.807) is 38.1 Å². The van der Waals surface area contributed by atoms with Crippen molar-refractivity contribution in [1.82, 2.24) is 9.55 Å². The Morgan fingerprint density at radius 1 is 0.886 bits per heavy atom. The van der Waals surface area contributed by atoms with E-state index in [2.05, 4.69) is 4.98 Å². The van der Waals surface area contributed by atoms with Gasteiger partial charge in [-0.1, -0.05) is 42.5 Å².